The lowest BCUT2D eigenvalue weighted by molar-refractivity contribution is -0.929. The van der Waals surface area contributed by atoms with Gasteiger partial charge in [-0.05, 0) is 12.2 Å². The van der Waals surface area contributed by atoms with E-state index in [9.17, 15) is 18.3 Å². The van der Waals surface area contributed by atoms with Crippen molar-refractivity contribution in [1.29, 1.82) is 0 Å². The van der Waals surface area contributed by atoms with Crippen LogP contribution in [0.15, 0.2) is 0 Å². The van der Waals surface area contributed by atoms with Crippen LogP contribution in [0.4, 0.5) is 13.2 Å². The van der Waals surface area contributed by atoms with Crippen LogP contribution in [-0.4, -0.2) is 38.6 Å². The highest BCUT2D eigenvalue weighted by molar-refractivity contribution is 7.71. The number of nitrogens with zero attached hydrogens (tertiary/aromatic N) is 3. The summed E-state index contributed by atoms with van der Waals surface area (Å²) >= 11 is 4.98. The van der Waals surface area contributed by atoms with Crippen LogP contribution in [0.3, 0.4) is 0 Å². The maximum atomic E-state index is 12.7. The number of aliphatic hydroxyl groups is 1. The van der Waals surface area contributed by atoms with Gasteiger partial charge in [0.1, 0.15) is 0 Å². The molecule has 0 aliphatic carbocycles. The fraction of sp³-hybridized carbons (Fsp3) is 0.800. The number of piperidine rings is 1. The lowest BCUT2D eigenvalue weighted by Gasteiger charge is -2.26. The van der Waals surface area contributed by atoms with Crippen LogP contribution in [0.2, 0.25) is 0 Å². The van der Waals surface area contributed by atoms with E-state index in [1.54, 1.807) is 0 Å². The minimum atomic E-state index is -4.50. The highest BCUT2D eigenvalue weighted by Crippen LogP contribution is 2.27. The third kappa shape index (κ3) is 3.15. The first-order chi connectivity index (χ1) is 8.79. The number of alkyl halides is 3. The van der Waals surface area contributed by atoms with Gasteiger partial charge in [0.05, 0.1) is 19.2 Å². The van der Waals surface area contributed by atoms with Gasteiger partial charge in [0.15, 0.2) is 6.67 Å². The molecule has 0 amide bonds. The number of hydrogen-bond donors (Lipinski definition) is 2. The van der Waals surface area contributed by atoms with Crippen LogP contribution in [0.1, 0.15) is 18.7 Å². The Kier molecular flexibility index (Phi) is 3.98. The molecule has 2 heterocycles. The quantitative estimate of drug-likeness (QED) is 0.754. The van der Waals surface area contributed by atoms with Crippen molar-refractivity contribution in [3.05, 3.63) is 10.6 Å². The van der Waals surface area contributed by atoms with Crippen LogP contribution in [0.25, 0.3) is 0 Å². The van der Waals surface area contributed by atoms with E-state index in [0.717, 1.165) is 9.47 Å². The Morgan fingerprint density at radius 1 is 1.42 bits per heavy atom. The first kappa shape index (κ1) is 14.5. The van der Waals surface area contributed by atoms with E-state index in [1.807, 2.05) is 0 Å². The number of quaternary nitrogens is 1. The lowest BCUT2D eigenvalue weighted by Crippen LogP contribution is -3.12. The molecule has 1 aromatic heterocycles. The normalized spacial score (nSPS) is 24.7. The predicted octanol–water partition coefficient (Wildman–Crippen LogP) is -0.0330. The van der Waals surface area contributed by atoms with Gasteiger partial charge >= 0.3 is 6.18 Å². The molecule has 1 saturated heterocycles. The zero-order valence-corrected chi connectivity index (χ0v) is 11.3. The van der Waals surface area contributed by atoms with Crippen LogP contribution >= 0.6 is 12.2 Å². The fourth-order valence-corrected chi connectivity index (χ4v) is 2.41. The van der Waals surface area contributed by atoms with Gasteiger partial charge in [-0.15, -0.1) is 5.10 Å². The average molecular weight is 297 g/mol. The van der Waals surface area contributed by atoms with Gasteiger partial charge in [-0.1, -0.05) is 0 Å². The molecule has 108 valence electrons. The molecule has 19 heavy (non-hydrogen) atoms. The lowest BCUT2D eigenvalue weighted by atomic mass is 10.1. The third-order valence-electron chi connectivity index (χ3n) is 3.33. The van der Waals surface area contributed by atoms with Crippen molar-refractivity contribution in [3.63, 3.8) is 0 Å². The van der Waals surface area contributed by atoms with Gasteiger partial charge in [-0.2, -0.15) is 17.9 Å². The van der Waals surface area contributed by atoms with Gasteiger partial charge in [-0.3, -0.25) is 4.57 Å². The third-order valence-corrected chi connectivity index (χ3v) is 3.81. The van der Waals surface area contributed by atoms with E-state index in [4.69, 9.17) is 12.2 Å². The van der Waals surface area contributed by atoms with E-state index >= 15 is 0 Å². The maximum absolute atomic E-state index is 12.7. The molecule has 0 radical (unpaired) electrons. The zero-order valence-electron chi connectivity index (χ0n) is 10.4. The molecular formula is C10H16F3N4OS+. The molecule has 0 spiro atoms. The second-order valence-electron chi connectivity index (χ2n) is 4.80. The Morgan fingerprint density at radius 3 is 2.47 bits per heavy atom. The summed E-state index contributed by atoms with van der Waals surface area (Å²) in [5, 5.41) is 13.0. The summed E-state index contributed by atoms with van der Waals surface area (Å²) in [6, 6.07) is 0. The molecule has 2 rings (SSSR count). The number of nitrogens with one attached hydrogen (secondary N) is 1. The Hall–Kier alpha value is -0.930. The molecule has 9 heteroatoms. The summed E-state index contributed by atoms with van der Waals surface area (Å²) in [4.78, 5) is 1.08. The number of aromatic nitrogens is 3. The molecule has 1 fully saturated rings. The Morgan fingerprint density at radius 2 is 2.00 bits per heavy atom. The number of rotatable bonds is 2. The molecule has 1 aliphatic heterocycles. The van der Waals surface area contributed by atoms with Crippen molar-refractivity contribution in [1.82, 2.24) is 14.3 Å². The molecule has 1 aliphatic rings. The number of hydrogen-bond acceptors (Lipinski definition) is 3. The Balaban J connectivity index is 2.16. The summed E-state index contributed by atoms with van der Waals surface area (Å²) in [6.07, 6.45) is -3.49. The van der Waals surface area contributed by atoms with Gasteiger partial charge in [0, 0.05) is 19.9 Å². The first-order valence-electron chi connectivity index (χ1n) is 6.01. The highest BCUT2D eigenvalue weighted by atomic mass is 32.1. The summed E-state index contributed by atoms with van der Waals surface area (Å²) < 4.78 is 40.2. The SMILES string of the molecule is Cn1c(C(F)(F)F)nn(C[NH+]2CCC(O)CC2)c1=S. The van der Waals surface area contributed by atoms with E-state index in [1.165, 1.54) is 11.7 Å². The van der Waals surface area contributed by atoms with Gasteiger partial charge in [-0.25, -0.2) is 0 Å². The number of likely N-dealkylation sites (tertiary alicyclic amines) is 1. The maximum Gasteiger partial charge on any atom is 0.451 e. The molecule has 0 saturated carbocycles. The Bertz CT molecular complexity index is 502. The standard InChI is InChI=1S/C10H15F3N4OS/c1-15-8(10(11,12)13)14-17(9(15)19)6-16-4-2-7(18)3-5-16/h7,18H,2-6H2,1H3/p+1. The second kappa shape index (κ2) is 5.22. The molecular weight excluding hydrogens is 281 g/mol. The predicted molar refractivity (Wildman–Crippen MR) is 63.0 cm³/mol. The van der Waals surface area contributed by atoms with Crippen molar-refractivity contribution >= 4 is 12.2 Å². The van der Waals surface area contributed by atoms with Gasteiger partial charge < -0.3 is 10.0 Å². The molecule has 5 nitrogen and oxygen atoms in total. The summed E-state index contributed by atoms with van der Waals surface area (Å²) in [5.41, 5.74) is 0. The minimum Gasteiger partial charge on any atom is -0.393 e. The van der Waals surface area contributed by atoms with Gasteiger partial charge in [0.2, 0.25) is 10.6 Å². The zero-order chi connectivity index (χ0) is 14.2. The Labute approximate surface area is 113 Å². The summed E-state index contributed by atoms with van der Waals surface area (Å²) in [6.45, 7) is 1.72. The molecule has 0 unspecified atom stereocenters. The van der Waals surface area contributed by atoms with Crippen LogP contribution < -0.4 is 4.90 Å². The summed E-state index contributed by atoms with van der Waals surface area (Å²) in [5.74, 6) is -0.978. The largest absolute Gasteiger partial charge is 0.451 e. The van der Waals surface area contributed by atoms with E-state index in [0.29, 0.717) is 32.6 Å². The number of halogens is 3. The van der Waals surface area contributed by atoms with E-state index in [-0.39, 0.29) is 10.9 Å². The second-order valence-corrected chi connectivity index (χ2v) is 5.17. The smallest absolute Gasteiger partial charge is 0.393 e. The van der Waals surface area contributed by atoms with E-state index in [2.05, 4.69) is 5.10 Å². The van der Waals surface area contributed by atoms with Crippen molar-refractivity contribution in [2.75, 3.05) is 13.1 Å². The molecule has 0 bridgehead atoms. The molecule has 0 atom stereocenters. The highest BCUT2D eigenvalue weighted by Gasteiger charge is 2.37. The monoisotopic (exact) mass is 297 g/mol. The van der Waals surface area contributed by atoms with Crippen LogP contribution in [0.5, 0.6) is 0 Å². The van der Waals surface area contributed by atoms with Crippen LogP contribution in [0, 0.1) is 4.77 Å². The van der Waals surface area contributed by atoms with Gasteiger partial charge in [0.25, 0.3) is 0 Å². The average Bonchev–Trinajstić information content (AvgIpc) is 2.60. The van der Waals surface area contributed by atoms with Crippen molar-refractivity contribution in [3.8, 4) is 0 Å². The fourth-order valence-electron chi connectivity index (χ4n) is 2.22. The van der Waals surface area contributed by atoms with Crippen LogP contribution in [-0.2, 0) is 19.9 Å². The van der Waals surface area contributed by atoms with Crippen molar-refractivity contribution in [2.24, 2.45) is 7.05 Å². The topological polar surface area (TPSA) is 47.4 Å². The first-order valence-corrected chi connectivity index (χ1v) is 6.42. The molecule has 0 aromatic carbocycles. The van der Waals surface area contributed by atoms with E-state index < -0.39 is 12.0 Å². The molecule has 2 N–H and O–H groups in total. The van der Waals surface area contributed by atoms with Crippen molar-refractivity contribution < 1.29 is 23.2 Å². The molecule has 1 aromatic rings. The number of aliphatic hydroxyl groups excluding tert-OH is 1. The summed E-state index contributed by atoms with van der Waals surface area (Å²) in [7, 11) is 1.27. The minimum absolute atomic E-state index is 0.0611. The van der Waals surface area contributed by atoms with Crippen molar-refractivity contribution in [2.45, 2.75) is 31.8 Å².